The first-order valence-electron chi connectivity index (χ1n) is 6.37. The van der Waals surface area contributed by atoms with Gasteiger partial charge >= 0.3 is 5.88 Å². The fourth-order valence-corrected chi connectivity index (χ4v) is 2.60. The minimum atomic E-state index is -0.545. The molecule has 0 aliphatic heterocycles. The Kier molecular flexibility index (Phi) is 4.98. The van der Waals surface area contributed by atoms with Gasteiger partial charge in [0.05, 0.1) is 23.7 Å². The van der Waals surface area contributed by atoms with E-state index in [9.17, 15) is 10.1 Å². The number of nitrogens with zero attached hydrogens (tertiary/aromatic N) is 1. The molecule has 0 amide bonds. The van der Waals surface area contributed by atoms with E-state index in [1.54, 1.807) is 13.2 Å². The van der Waals surface area contributed by atoms with Crippen molar-refractivity contribution >= 4 is 21.8 Å². The van der Waals surface area contributed by atoms with Crippen LogP contribution in [0.3, 0.4) is 0 Å². The highest BCUT2D eigenvalue weighted by Gasteiger charge is 2.21. The molecular weight excluding hydrogens is 340 g/mol. The van der Waals surface area contributed by atoms with Crippen molar-refractivity contribution in [2.24, 2.45) is 0 Å². The van der Waals surface area contributed by atoms with Gasteiger partial charge in [-0.2, -0.15) is 0 Å². The molecule has 1 aromatic carbocycles. The quantitative estimate of drug-likeness (QED) is 0.632. The second-order valence-electron chi connectivity index (χ2n) is 4.32. The zero-order valence-electron chi connectivity index (χ0n) is 11.6. The van der Waals surface area contributed by atoms with Crippen LogP contribution in [0, 0.1) is 10.1 Å². The fourth-order valence-electron chi connectivity index (χ4n) is 2.04. The first-order valence-corrected chi connectivity index (χ1v) is 7.17. The molecule has 1 atom stereocenters. The summed E-state index contributed by atoms with van der Waals surface area (Å²) in [5.74, 6) is 0.959. The molecule has 2 rings (SSSR count). The second-order valence-corrected chi connectivity index (χ2v) is 5.17. The number of benzene rings is 1. The third-order valence-electron chi connectivity index (χ3n) is 2.99. The summed E-state index contributed by atoms with van der Waals surface area (Å²) >= 11 is 3.44. The van der Waals surface area contributed by atoms with Crippen molar-refractivity contribution in [1.29, 1.82) is 0 Å². The molecule has 1 heterocycles. The fraction of sp³-hybridized carbons (Fsp3) is 0.286. The SMILES string of the molecule is CCNC(c1ccc(OC)c(Br)c1)c1ccc([N+](=O)[O-])o1. The average Bonchev–Trinajstić information content (AvgIpc) is 2.94. The summed E-state index contributed by atoms with van der Waals surface area (Å²) < 4.78 is 11.3. The maximum absolute atomic E-state index is 10.7. The molecule has 0 bridgehead atoms. The van der Waals surface area contributed by atoms with Gasteiger partial charge < -0.3 is 14.5 Å². The van der Waals surface area contributed by atoms with Gasteiger partial charge in [0, 0.05) is 0 Å². The van der Waals surface area contributed by atoms with Crippen LogP contribution in [0.2, 0.25) is 0 Å². The highest BCUT2D eigenvalue weighted by atomic mass is 79.9. The Balaban J connectivity index is 2.37. The van der Waals surface area contributed by atoms with Gasteiger partial charge in [-0.1, -0.05) is 13.0 Å². The largest absolute Gasteiger partial charge is 0.496 e. The Morgan fingerprint density at radius 1 is 1.43 bits per heavy atom. The minimum absolute atomic E-state index is 0.258. The van der Waals surface area contributed by atoms with Crippen LogP contribution in [0.1, 0.15) is 24.3 Å². The van der Waals surface area contributed by atoms with Crippen molar-refractivity contribution in [2.75, 3.05) is 13.7 Å². The van der Waals surface area contributed by atoms with Crippen molar-refractivity contribution in [3.05, 3.63) is 56.2 Å². The van der Waals surface area contributed by atoms with E-state index >= 15 is 0 Å². The van der Waals surface area contributed by atoms with Crippen LogP contribution in [-0.2, 0) is 0 Å². The van der Waals surface area contributed by atoms with Gasteiger partial charge in [-0.05, 0) is 46.2 Å². The number of hydrogen-bond acceptors (Lipinski definition) is 5. The summed E-state index contributed by atoms with van der Waals surface area (Å²) in [6, 6.07) is 8.35. The van der Waals surface area contributed by atoms with E-state index in [2.05, 4.69) is 21.2 Å². The van der Waals surface area contributed by atoms with Crippen LogP contribution in [0.15, 0.2) is 39.2 Å². The summed E-state index contributed by atoms with van der Waals surface area (Å²) in [5.41, 5.74) is 0.925. The molecule has 0 spiro atoms. The van der Waals surface area contributed by atoms with Crippen LogP contribution < -0.4 is 10.1 Å². The molecule has 1 unspecified atom stereocenters. The third kappa shape index (κ3) is 3.43. The summed E-state index contributed by atoms with van der Waals surface area (Å²) in [7, 11) is 1.59. The number of nitrogens with one attached hydrogen (secondary N) is 1. The lowest BCUT2D eigenvalue weighted by molar-refractivity contribution is -0.402. The number of ether oxygens (including phenoxy) is 1. The average molecular weight is 355 g/mol. The number of nitro groups is 1. The Morgan fingerprint density at radius 2 is 2.19 bits per heavy atom. The Hall–Kier alpha value is -1.86. The molecule has 1 N–H and O–H groups in total. The third-order valence-corrected chi connectivity index (χ3v) is 3.61. The predicted molar refractivity (Wildman–Crippen MR) is 81.6 cm³/mol. The Labute approximate surface area is 130 Å². The molecular formula is C14H15BrN2O4. The number of furan rings is 1. The predicted octanol–water partition coefficient (Wildman–Crippen LogP) is 3.66. The summed E-state index contributed by atoms with van der Waals surface area (Å²) in [5, 5.41) is 14.0. The monoisotopic (exact) mass is 354 g/mol. The van der Waals surface area contributed by atoms with Gasteiger partial charge in [0.25, 0.3) is 0 Å². The number of halogens is 1. The molecule has 0 radical (unpaired) electrons. The number of rotatable bonds is 6. The lowest BCUT2D eigenvalue weighted by atomic mass is 10.0. The van der Waals surface area contributed by atoms with Crippen molar-refractivity contribution in [2.45, 2.75) is 13.0 Å². The van der Waals surface area contributed by atoms with Crippen molar-refractivity contribution in [3.8, 4) is 5.75 Å². The second kappa shape index (κ2) is 6.73. The van der Waals surface area contributed by atoms with Crippen LogP contribution >= 0.6 is 15.9 Å². The van der Waals surface area contributed by atoms with E-state index in [-0.39, 0.29) is 11.9 Å². The molecule has 0 saturated carbocycles. The van der Waals surface area contributed by atoms with Gasteiger partial charge in [0.2, 0.25) is 0 Å². The van der Waals surface area contributed by atoms with Crippen molar-refractivity contribution < 1.29 is 14.1 Å². The Morgan fingerprint density at radius 3 is 2.71 bits per heavy atom. The topological polar surface area (TPSA) is 77.5 Å². The van der Waals surface area contributed by atoms with Gasteiger partial charge in [-0.15, -0.1) is 0 Å². The number of hydrogen-bond donors (Lipinski definition) is 1. The molecule has 7 heteroatoms. The molecule has 21 heavy (non-hydrogen) atoms. The highest BCUT2D eigenvalue weighted by Crippen LogP contribution is 2.32. The maximum atomic E-state index is 10.7. The smallest absolute Gasteiger partial charge is 0.433 e. The first kappa shape index (κ1) is 15.5. The lowest BCUT2D eigenvalue weighted by Gasteiger charge is -2.16. The molecule has 0 saturated heterocycles. The molecule has 2 aromatic rings. The van der Waals surface area contributed by atoms with Crippen LogP contribution in [-0.4, -0.2) is 18.6 Å². The van der Waals surface area contributed by atoms with E-state index in [1.165, 1.54) is 6.07 Å². The first-order chi connectivity index (χ1) is 10.1. The van der Waals surface area contributed by atoms with Crippen LogP contribution in [0.4, 0.5) is 5.88 Å². The molecule has 0 fully saturated rings. The van der Waals surface area contributed by atoms with Gasteiger partial charge in [-0.25, -0.2) is 0 Å². The summed E-state index contributed by atoms with van der Waals surface area (Å²) in [6.07, 6.45) is 0. The Bertz CT molecular complexity index is 642. The normalized spacial score (nSPS) is 12.1. The van der Waals surface area contributed by atoms with E-state index < -0.39 is 4.92 Å². The molecule has 6 nitrogen and oxygen atoms in total. The van der Waals surface area contributed by atoms with Crippen molar-refractivity contribution in [1.82, 2.24) is 5.32 Å². The van der Waals surface area contributed by atoms with Gasteiger partial charge in [-0.3, -0.25) is 10.1 Å². The molecule has 112 valence electrons. The molecule has 1 aromatic heterocycles. The van der Waals surface area contributed by atoms with Crippen LogP contribution in [0.5, 0.6) is 5.75 Å². The van der Waals surface area contributed by atoms with E-state index in [0.29, 0.717) is 12.3 Å². The van der Waals surface area contributed by atoms with E-state index in [4.69, 9.17) is 9.15 Å². The van der Waals surface area contributed by atoms with Gasteiger partial charge in [0.1, 0.15) is 16.4 Å². The lowest BCUT2D eigenvalue weighted by Crippen LogP contribution is -2.21. The molecule has 0 aliphatic rings. The zero-order valence-corrected chi connectivity index (χ0v) is 13.2. The van der Waals surface area contributed by atoms with E-state index in [1.807, 2.05) is 25.1 Å². The van der Waals surface area contributed by atoms with Crippen molar-refractivity contribution in [3.63, 3.8) is 0 Å². The van der Waals surface area contributed by atoms with E-state index in [0.717, 1.165) is 15.8 Å². The van der Waals surface area contributed by atoms with Crippen LogP contribution in [0.25, 0.3) is 0 Å². The highest BCUT2D eigenvalue weighted by molar-refractivity contribution is 9.10. The number of methoxy groups -OCH3 is 1. The molecule has 0 aliphatic carbocycles. The summed E-state index contributed by atoms with van der Waals surface area (Å²) in [4.78, 5) is 10.2. The van der Waals surface area contributed by atoms with Gasteiger partial charge in [0.15, 0.2) is 0 Å². The summed E-state index contributed by atoms with van der Waals surface area (Å²) in [6.45, 7) is 2.66. The maximum Gasteiger partial charge on any atom is 0.433 e. The zero-order chi connectivity index (χ0) is 15.4. The minimum Gasteiger partial charge on any atom is -0.496 e. The standard InChI is InChI=1S/C14H15BrN2O4/c1-3-16-14(12-6-7-13(21-12)17(18)19)9-4-5-11(20-2)10(15)8-9/h4-8,14,16H,3H2,1-2H3.